The molecule has 0 saturated carbocycles. The number of hydroxylamine groups is 2. The van der Waals surface area contributed by atoms with E-state index in [0.717, 1.165) is 5.06 Å². The minimum Gasteiger partial charge on any atom is -0.462 e. The topological polar surface area (TPSA) is 125 Å². The summed E-state index contributed by atoms with van der Waals surface area (Å²) in [6, 6.07) is 6.53. The molecule has 0 aliphatic heterocycles. The molecule has 166 valence electrons. The lowest BCUT2D eigenvalue weighted by Crippen LogP contribution is -2.30. The maximum Gasteiger partial charge on any atom is 0.340 e. The Labute approximate surface area is 181 Å². The molecule has 0 saturated heterocycles. The van der Waals surface area contributed by atoms with Crippen LogP contribution >= 0.6 is 8.46 Å². The highest BCUT2D eigenvalue weighted by atomic mass is 31.1. The number of nitrogens with zero attached hydrogens (tertiary/aromatic N) is 1. The second-order valence-corrected chi connectivity index (χ2v) is 7.49. The lowest BCUT2D eigenvalue weighted by molar-refractivity contribution is -0.181. The number of hydrogen-bond donors (Lipinski definition) is 1. The Balaban J connectivity index is 2.48. The van der Waals surface area contributed by atoms with Gasteiger partial charge in [-0.3, -0.25) is 14.2 Å². The van der Waals surface area contributed by atoms with Gasteiger partial charge in [0, 0.05) is 7.05 Å². The zero-order valence-electron chi connectivity index (χ0n) is 17.8. The molecule has 0 fully saturated rings. The van der Waals surface area contributed by atoms with E-state index in [-0.39, 0.29) is 50.8 Å². The number of nitrogen functional groups attached to an aromatic ring is 1. The molecule has 10 heteroatoms. The fraction of sp³-hybridized carbons (Fsp3) is 0.381. The number of carbonyl (C=O) groups excluding carboxylic acids is 3. The second-order valence-electron chi connectivity index (χ2n) is 6.55. The predicted molar refractivity (Wildman–Crippen MR) is 114 cm³/mol. The summed E-state index contributed by atoms with van der Waals surface area (Å²) >= 11 is 0. The summed E-state index contributed by atoms with van der Waals surface area (Å²) in [7, 11) is 1.20. The van der Waals surface area contributed by atoms with Gasteiger partial charge in [0.1, 0.15) is 0 Å². The lowest BCUT2D eigenvalue weighted by Gasteiger charge is -2.17. The van der Waals surface area contributed by atoms with Crippen molar-refractivity contribution in [3.8, 4) is 11.1 Å². The molecule has 1 unspecified atom stereocenters. The number of rotatable bonds is 9. The molecule has 2 aliphatic rings. The zero-order valence-corrected chi connectivity index (χ0v) is 18.7. The van der Waals surface area contributed by atoms with Crippen molar-refractivity contribution in [3.63, 3.8) is 0 Å². The number of anilines is 1. The van der Waals surface area contributed by atoms with Crippen LogP contribution in [0.4, 0.5) is 5.69 Å². The summed E-state index contributed by atoms with van der Waals surface area (Å²) < 4.78 is 21.0. The number of ether oxygens (including phenoxy) is 2. The normalized spacial score (nSPS) is 11.9. The van der Waals surface area contributed by atoms with E-state index in [1.165, 1.54) is 7.05 Å². The van der Waals surface area contributed by atoms with Crippen LogP contribution in [0.15, 0.2) is 24.3 Å². The molecule has 2 N–H and O–H groups in total. The Morgan fingerprint density at radius 1 is 1.00 bits per heavy atom. The maximum atomic E-state index is 12.5. The molecule has 0 aromatic carbocycles. The van der Waals surface area contributed by atoms with Crippen molar-refractivity contribution in [2.45, 2.75) is 33.0 Å². The molecule has 9 nitrogen and oxygen atoms in total. The number of esters is 2. The lowest BCUT2D eigenvalue weighted by atomic mass is 10.1. The van der Waals surface area contributed by atoms with E-state index in [0.29, 0.717) is 16.7 Å². The van der Waals surface area contributed by atoms with E-state index >= 15 is 0 Å². The van der Waals surface area contributed by atoms with E-state index in [1.54, 1.807) is 45.0 Å². The van der Waals surface area contributed by atoms with Gasteiger partial charge in [-0.1, -0.05) is 24.3 Å². The van der Waals surface area contributed by atoms with Crippen LogP contribution in [0, 0.1) is 0 Å². The number of fused-ring (bicyclic) bond motifs is 1. The number of likely N-dealkylation sites (N-methyl/N-ethyl adjacent to an activating group) is 1. The van der Waals surface area contributed by atoms with Gasteiger partial charge < -0.3 is 15.2 Å². The van der Waals surface area contributed by atoms with Crippen molar-refractivity contribution in [1.82, 2.24) is 5.06 Å². The summed E-state index contributed by atoms with van der Waals surface area (Å²) in [5, 5.41) is 1.02. The van der Waals surface area contributed by atoms with Crippen molar-refractivity contribution < 1.29 is 33.3 Å². The molecule has 2 aliphatic carbocycles. The van der Waals surface area contributed by atoms with Crippen LogP contribution in [0.1, 0.15) is 47.1 Å². The molecule has 1 atom stereocenters. The molecule has 0 spiro atoms. The van der Waals surface area contributed by atoms with Crippen molar-refractivity contribution in [2.75, 3.05) is 26.0 Å². The Morgan fingerprint density at radius 3 is 1.90 bits per heavy atom. The van der Waals surface area contributed by atoms with Crippen LogP contribution in [0.3, 0.4) is 0 Å². The Bertz CT molecular complexity index is 907. The van der Waals surface area contributed by atoms with E-state index in [9.17, 15) is 18.9 Å². The van der Waals surface area contributed by atoms with Crippen LogP contribution in [0.5, 0.6) is 0 Å². The molecule has 0 radical (unpaired) electrons. The molecule has 1 amide bonds. The van der Waals surface area contributed by atoms with Gasteiger partial charge in [0.2, 0.25) is 5.91 Å². The van der Waals surface area contributed by atoms with E-state index in [2.05, 4.69) is 0 Å². The van der Waals surface area contributed by atoms with Gasteiger partial charge >= 0.3 is 11.9 Å². The molecule has 0 aromatic rings. The summed E-state index contributed by atoms with van der Waals surface area (Å²) in [6.07, 6.45) is -0.0186. The minimum atomic E-state index is -0.661. The van der Waals surface area contributed by atoms with Crippen LogP contribution in [0.2, 0.25) is 0 Å². The zero-order chi connectivity index (χ0) is 23.1. The van der Waals surface area contributed by atoms with Crippen molar-refractivity contribution in [2.24, 2.45) is 0 Å². The smallest absolute Gasteiger partial charge is 0.340 e. The molecular weight excluding hydrogens is 423 g/mol. The Hall–Kier alpha value is -3.03. The highest BCUT2D eigenvalue weighted by Gasteiger charge is 2.30. The minimum absolute atomic E-state index is 0.00498. The van der Waals surface area contributed by atoms with Gasteiger partial charge in [0.05, 0.1) is 36.4 Å². The van der Waals surface area contributed by atoms with Gasteiger partial charge in [-0.2, -0.15) is 0 Å². The third-order valence-electron chi connectivity index (χ3n) is 4.42. The first-order chi connectivity index (χ1) is 14.7. The summed E-state index contributed by atoms with van der Waals surface area (Å²) in [4.78, 5) is 42.6. The molecular formula is C21H25N2O7P. The quantitative estimate of drug-likeness (QED) is 0.352. The summed E-state index contributed by atoms with van der Waals surface area (Å²) in [5.74, 6) is -2.32. The molecule has 31 heavy (non-hydrogen) atoms. The average molecular weight is 448 g/mol. The van der Waals surface area contributed by atoms with Crippen LogP contribution in [-0.2, 0) is 30.1 Å². The predicted octanol–water partition coefficient (Wildman–Crippen LogP) is 3.30. The number of hydrogen-bond acceptors (Lipinski definition) is 8. The van der Waals surface area contributed by atoms with E-state index in [4.69, 9.17) is 20.0 Å². The number of nitrogens with two attached hydrogens (primary N) is 1. The third kappa shape index (κ3) is 5.57. The molecule has 0 bridgehead atoms. The van der Waals surface area contributed by atoms with Gasteiger partial charge in [-0.15, -0.1) is 0 Å². The van der Waals surface area contributed by atoms with Gasteiger partial charge in [0.15, 0.2) is 14.3 Å². The van der Waals surface area contributed by atoms with Crippen molar-refractivity contribution >= 4 is 32.0 Å². The Kier molecular flexibility index (Phi) is 8.47. The van der Waals surface area contributed by atoms with Gasteiger partial charge in [-0.05, 0) is 37.5 Å². The molecule has 0 heterocycles. The average Bonchev–Trinajstić information content (AvgIpc) is 2.86. The first kappa shape index (κ1) is 24.2. The first-order valence-corrected chi connectivity index (χ1v) is 10.6. The molecule has 0 aromatic heterocycles. The highest BCUT2D eigenvalue weighted by Crippen LogP contribution is 2.39. The SMILES string of the molecule is CCOC(=O)c1c2ccc(CC(=O)N(C)OC(C)P=O)ccc-2c(C(=O)OCC)c1N. The van der Waals surface area contributed by atoms with Crippen molar-refractivity contribution in [3.05, 3.63) is 41.0 Å². The highest BCUT2D eigenvalue weighted by molar-refractivity contribution is 7.24. The number of amides is 1. The first-order valence-electron chi connectivity index (χ1n) is 9.69. The third-order valence-corrected chi connectivity index (χ3v) is 4.81. The summed E-state index contributed by atoms with van der Waals surface area (Å²) in [6.45, 7) is 5.19. The maximum absolute atomic E-state index is 12.5. The fourth-order valence-corrected chi connectivity index (χ4v) is 3.20. The largest absolute Gasteiger partial charge is 0.462 e. The van der Waals surface area contributed by atoms with E-state index < -0.39 is 17.8 Å². The van der Waals surface area contributed by atoms with Gasteiger partial charge in [0.25, 0.3) is 0 Å². The monoisotopic (exact) mass is 448 g/mol. The van der Waals surface area contributed by atoms with Crippen molar-refractivity contribution in [1.29, 1.82) is 0 Å². The standard InChI is InChI=1S/C21H25N2O7P/c1-5-28-20(25)17-14-9-7-13(11-16(24)23(4)30-12(3)31-27)8-10-15(14)18(19(17)22)21(26)29-6-2/h7-10,12H,5-6,11,22H2,1-4H3. The van der Waals surface area contributed by atoms with Crippen LogP contribution in [0.25, 0.3) is 11.1 Å². The van der Waals surface area contributed by atoms with E-state index in [1.807, 2.05) is 0 Å². The number of carbonyl (C=O) groups is 3. The van der Waals surface area contributed by atoms with Crippen LogP contribution in [-0.4, -0.2) is 49.0 Å². The summed E-state index contributed by atoms with van der Waals surface area (Å²) in [5.41, 5.74) is 7.73. The van der Waals surface area contributed by atoms with Crippen LogP contribution < -0.4 is 5.73 Å². The fourth-order valence-electron chi connectivity index (χ4n) is 3.02. The Morgan fingerprint density at radius 2 is 1.48 bits per heavy atom. The molecule has 2 rings (SSSR count). The van der Waals surface area contributed by atoms with Gasteiger partial charge in [-0.25, -0.2) is 14.7 Å². The second kappa shape index (κ2) is 10.8.